The van der Waals surface area contributed by atoms with Gasteiger partial charge >= 0.3 is 5.69 Å². The minimum atomic E-state index is 0.0533. The molecule has 0 spiro atoms. The third kappa shape index (κ3) is 4.23. The van der Waals surface area contributed by atoms with Gasteiger partial charge in [-0.15, -0.1) is 0 Å². The predicted octanol–water partition coefficient (Wildman–Crippen LogP) is 1.61. The summed E-state index contributed by atoms with van der Waals surface area (Å²) in [7, 11) is 0. The van der Waals surface area contributed by atoms with E-state index in [9.17, 15) is 4.79 Å². The Labute approximate surface area is 103 Å². The molecule has 17 heavy (non-hydrogen) atoms. The zero-order valence-electron chi connectivity index (χ0n) is 11.1. The molecule has 0 bridgehead atoms. The molecule has 1 aromatic rings. The topological polar surface area (TPSA) is 39.0 Å². The van der Waals surface area contributed by atoms with Crippen molar-refractivity contribution in [1.82, 2.24) is 14.5 Å². The Balaban J connectivity index is 2.57. The first kappa shape index (κ1) is 13.8. The first-order valence-corrected chi connectivity index (χ1v) is 6.20. The molecule has 0 fully saturated rings. The van der Waals surface area contributed by atoms with Gasteiger partial charge in [-0.05, 0) is 12.0 Å². The summed E-state index contributed by atoms with van der Waals surface area (Å²) in [4.78, 5) is 11.9. The fourth-order valence-electron chi connectivity index (χ4n) is 1.63. The molecule has 0 saturated heterocycles. The second kappa shape index (κ2) is 6.45. The van der Waals surface area contributed by atoms with E-state index in [-0.39, 0.29) is 5.69 Å². The maximum atomic E-state index is 11.9. The molecule has 0 saturated carbocycles. The predicted molar refractivity (Wildman–Crippen MR) is 71.3 cm³/mol. The third-order valence-electron chi connectivity index (χ3n) is 2.54. The van der Waals surface area contributed by atoms with Gasteiger partial charge in [0.05, 0.1) is 0 Å². The standard InChI is InChI=1S/C13H23N3O/c1-5-6-15-7-8-16(13(15)17)10-12(4)9-14-11(2)3/h7-8,11,14H,4-6,9-10H2,1-3H3. The number of hydrogen-bond donors (Lipinski definition) is 1. The summed E-state index contributed by atoms with van der Waals surface area (Å²) in [6.45, 7) is 12.4. The minimum Gasteiger partial charge on any atom is -0.311 e. The monoisotopic (exact) mass is 237 g/mol. The molecule has 4 heteroatoms. The first-order chi connectivity index (χ1) is 8.04. The number of aryl methyl sites for hydroxylation is 1. The number of nitrogens with one attached hydrogen (secondary N) is 1. The summed E-state index contributed by atoms with van der Waals surface area (Å²) < 4.78 is 3.45. The Hall–Kier alpha value is -1.29. The fourth-order valence-corrected chi connectivity index (χ4v) is 1.63. The quantitative estimate of drug-likeness (QED) is 0.732. The van der Waals surface area contributed by atoms with Gasteiger partial charge in [-0.1, -0.05) is 27.4 Å². The second-order valence-electron chi connectivity index (χ2n) is 4.69. The molecular formula is C13H23N3O. The average molecular weight is 237 g/mol. The van der Waals surface area contributed by atoms with Crippen LogP contribution in [0.1, 0.15) is 27.2 Å². The maximum Gasteiger partial charge on any atom is 0.328 e. The summed E-state index contributed by atoms with van der Waals surface area (Å²) in [5.74, 6) is 0. The van der Waals surface area contributed by atoms with Gasteiger partial charge in [0.2, 0.25) is 0 Å². The van der Waals surface area contributed by atoms with Crippen LogP contribution in [0.25, 0.3) is 0 Å². The van der Waals surface area contributed by atoms with Crippen LogP contribution >= 0.6 is 0 Å². The Morgan fingerprint density at radius 1 is 1.41 bits per heavy atom. The van der Waals surface area contributed by atoms with Gasteiger partial charge < -0.3 is 5.32 Å². The molecule has 0 radical (unpaired) electrons. The number of imidazole rings is 1. The zero-order chi connectivity index (χ0) is 12.8. The summed E-state index contributed by atoms with van der Waals surface area (Å²) >= 11 is 0. The molecular weight excluding hydrogens is 214 g/mol. The van der Waals surface area contributed by atoms with E-state index in [1.807, 2.05) is 12.4 Å². The van der Waals surface area contributed by atoms with Gasteiger partial charge in [0, 0.05) is 38.1 Å². The van der Waals surface area contributed by atoms with Crippen LogP contribution in [0.4, 0.5) is 0 Å². The van der Waals surface area contributed by atoms with E-state index in [0.29, 0.717) is 12.6 Å². The van der Waals surface area contributed by atoms with Crippen LogP contribution in [0.2, 0.25) is 0 Å². The summed E-state index contributed by atoms with van der Waals surface area (Å²) in [6.07, 6.45) is 4.65. The summed E-state index contributed by atoms with van der Waals surface area (Å²) in [5.41, 5.74) is 1.08. The van der Waals surface area contributed by atoms with E-state index < -0.39 is 0 Å². The van der Waals surface area contributed by atoms with Crippen LogP contribution in [-0.4, -0.2) is 21.7 Å². The van der Waals surface area contributed by atoms with E-state index in [4.69, 9.17) is 0 Å². The van der Waals surface area contributed by atoms with Gasteiger partial charge in [-0.2, -0.15) is 0 Å². The van der Waals surface area contributed by atoms with E-state index in [1.54, 1.807) is 9.13 Å². The molecule has 1 N–H and O–H groups in total. The molecule has 96 valence electrons. The number of aromatic nitrogens is 2. The minimum absolute atomic E-state index is 0.0533. The Morgan fingerprint density at radius 3 is 2.65 bits per heavy atom. The van der Waals surface area contributed by atoms with Crippen molar-refractivity contribution in [3.05, 3.63) is 35.0 Å². The van der Waals surface area contributed by atoms with Gasteiger partial charge in [-0.25, -0.2) is 4.79 Å². The van der Waals surface area contributed by atoms with Crippen molar-refractivity contribution in [3.63, 3.8) is 0 Å². The van der Waals surface area contributed by atoms with Gasteiger partial charge in [-0.3, -0.25) is 9.13 Å². The van der Waals surface area contributed by atoms with Crippen molar-refractivity contribution in [2.24, 2.45) is 0 Å². The van der Waals surface area contributed by atoms with Gasteiger partial charge in [0.25, 0.3) is 0 Å². The van der Waals surface area contributed by atoms with Crippen molar-refractivity contribution >= 4 is 0 Å². The molecule has 0 unspecified atom stereocenters. The lowest BCUT2D eigenvalue weighted by Crippen LogP contribution is -2.29. The van der Waals surface area contributed by atoms with Gasteiger partial charge in [0.15, 0.2) is 0 Å². The molecule has 0 aliphatic heterocycles. The smallest absolute Gasteiger partial charge is 0.311 e. The van der Waals surface area contributed by atoms with Crippen LogP contribution in [0, 0.1) is 0 Å². The first-order valence-electron chi connectivity index (χ1n) is 6.20. The maximum absolute atomic E-state index is 11.9. The molecule has 4 nitrogen and oxygen atoms in total. The lowest BCUT2D eigenvalue weighted by atomic mass is 10.3. The van der Waals surface area contributed by atoms with Crippen molar-refractivity contribution in [3.8, 4) is 0 Å². The molecule has 0 atom stereocenters. The highest BCUT2D eigenvalue weighted by atomic mass is 16.1. The van der Waals surface area contributed by atoms with Crippen LogP contribution in [0.5, 0.6) is 0 Å². The highest BCUT2D eigenvalue weighted by Crippen LogP contribution is 1.95. The van der Waals surface area contributed by atoms with E-state index in [2.05, 4.69) is 32.7 Å². The van der Waals surface area contributed by atoms with Crippen LogP contribution < -0.4 is 11.0 Å². The molecule has 0 amide bonds. The van der Waals surface area contributed by atoms with Crippen LogP contribution in [0.3, 0.4) is 0 Å². The highest BCUT2D eigenvalue weighted by molar-refractivity contribution is 4.99. The lowest BCUT2D eigenvalue weighted by Gasteiger charge is -2.10. The average Bonchev–Trinajstić information content (AvgIpc) is 2.59. The zero-order valence-corrected chi connectivity index (χ0v) is 11.1. The van der Waals surface area contributed by atoms with E-state index in [0.717, 1.165) is 25.1 Å². The normalized spacial score (nSPS) is 11.1. The van der Waals surface area contributed by atoms with Crippen LogP contribution in [0.15, 0.2) is 29.3 Å². The molecule has 0 aromatic carbocycles. The van der Waals surface area contributed by atoms with Crippen molar-refractivity contribution in [1.29, 1.82) is 0 Å². The van der Waals surface area contributed by atoms with Crippen LogP contribution in [-0.2, 0) is 13.1 Å². The van der Waals surface area contributed by atoms with Crippen molar-refractivity contribution in [2.45, 2.75) is 46.3 Å². The number of nitrogens with zero attached hydrogens (tertiary/aromatic N) is 2. The largest absolute Gasteiger partial charge is 0.328 e. The van der Waals surface area contributed by atoms with Crippen molar-refractivity contribution in [2.75, 3.05) is 6.54 Å². The number of hydrogen-bond acceptors (Lipinski definition) is 2. The Kier molecular flexibility index (Phi) is 5.22. The molecule has 1 aromatic heterocycles. The van der Waals surface area contributed by atoms with E-state index >= 15 is 0 Å². The Morgan fingerprint density at radius 2 is 2.06 bits per heavy atom. The highest BCUT2D eigenvalue weighted by Gasteiger charge is 2.04. The molecule has 1 heterocycles. The summed E-state index contributed by atoms with van der Waals surface area (Å²) in [5, 5.41) is 3.30. The molecule has 1 rings (SSSR count). The Bertz CT molecular complexity index is 415. The number of rotatable bonds is 7. The lowest BCUT2D eigenvalue weighted by molar-refractivity contribution is 0.588. The van der Waals surface area contributed by atoms with Crippen molar-refractivity contribution < 1.29 is 0 Å². The molecule has 0 aliphatic carbocycles. The third-order valence-corrected chi connectivity index (χ3v) is 2.54. The molecule has 0 aliphatic rings. The SMILES string of the molecule is C=C(CNC(C)C)Cn1ccn(CCC)c1=O. The van der Waals surface area contributed by atoms with Gasteiger partial charge in [0.1, 0.15) is 0 Å². The second-order valence-corrected chi connectivity index (χ2v) is 4.69. The fraction of sp³-hybridized carbons (Fsp3) is 0.615. The summed E-state index contributed by atoms with van der Waals surface area (Å²) in [6, 6.07) is 0.438. The van der Waals surface area contributed by atoms with E-state index in [1.165, 1.54) is 0 Å².